The highest BCUT2D eigenvalue weighted by Crippen LogP contribution is 2.35. The Kier molecular flexibility index (Phi) is 5.22. The molecule has 2 aromatic carbocycles. The molecule has 0 radical (unpaired) electrons. The number of esters is 1. The molecule has 0 aliphatic heterocycles. The minimum atomic E-state index is -0.513. The number of para-hydroxylation sites is 1. The van der Waals surface area contributed by atoms with Gasteiger partial charge in [0.05, 0.1) is 12.2 Å². The Hall–Kier alpha value is -2.01. The highest BCUT2D eigenvalue weighted by atomic mass is 32.2. The third kappa shape index (κ3) is 3.76. The summed E-state index contributed by atoms with van der Waals surface area (Å²) in [7, 11) is 1.83. The molecular weight excluding hydrogens is 289 g/mol. The summed E-state index contributed by atoms with van der Waals surface area (Å²) in [6.45, 7) is 1.98. The van der Waals surface area contributed by atoms with Crippen LogP contribution in [0.5, 0.6) is 0 Å². The zero-order valence-corrected chi connectivity index (χ0v) is 12.7. The Bertz CT molecular complexity index is 646. The van der Waals surface area contributed by atoms with Gasteiger partial charge < -0.3 is 10.1 Å². The standard InChI is InChI=1S/C16H16FNO2S/c1-3-20-16(19)12-10-11(17)8-9-14(12)21-15-7-5-4-6-13(15)18-2/h4-10,18H,3H2,1-2H3. The zero-order chi connectivity index (χ0) is 15.2. The minimum absolute atomic E-state index is 0.243. The van der Waals surface area contributed by atoms with Gasteiger partial charge >= 0.3 is 5.97 Å². The predicted molar refractivity (Wildman–Crippen MR) is 82.5 cm³/mol. The Balaban J connectivity index is 2.37. The van der Waals surface area contributed by atoms with Crippen molar-refractivity contribution in [2.45, 2.75) is 16.7 Å². The van der Waals surface area contributed by atoms with E-state index in [4.69, 9.17) is 4.74 Å². The van der Waals surface area contributed by atoms with E-state index in [2.05, 4.69) is 5.32 Å². The first-order valence-corrected chi connectivity index (χ1v) is 7.38. The van der Waals surface area contributed by atoms with Gasteiger partial charge in [-0.05, 0) is 37.3 Å². The Morgan fingerprint density at radius 1 is 1.24 bits per heavy atom. The van der Waals surface area contributed by atoms with Crippen molar-refractivity contribution >= 4 is 23.4 Å². The molecule has 0 bridgehead atoms. The van der Waals surface area contributed by atoms with Crippen molar-refractivity contribution in [2.24, 2.45) is 0 Å². The van der Waals surface area contributed by atoms with Gasteiger partial charge in [0.15, 0.2) is 0 Å². The summed E-state index contributed by atoms with van der Waals surface area (Å²) in [6, 6.07) is 11.9. The van der Waals surface area contributed by atoms with Gasteiger partial charge in [-0.25, -0.2) is 9.18 Å². The highest BCUT2D eigenvalue weighted by Gasteiger charge is 2.15. The first kappa shape index (κ1) is 15.4. The van der Waals surface area contributed by atoms with Crippen LogP contribution in [0.25, 0.3) is 0 Å². The van der Waals surface area contributed by atoms with Crippen LogP contribution in [-0.4, -0.2) is 19.6 Å². The van der Waals surface area contributed by atoms with E-state index in [1.165, 1.54) is 23.9 Å². The molecule has 0 saturated heterocycles. The van der Waals surface area contributed by atoms with Crippen LogP contribution in [0, 0.1) is 5.82 Å². The van der Waals surface area contributed by atoms with Crippen molar-refractivity contribution in [3.8, 4) is 0 Å². The van der Waals surface area contributed by atoms with Crippen molar-refractivity contribution in [3.05, 3.63) is 53.8 Å². The Labute approximate surface area is 127 Å². The first-order chi connectivity index (χ1) is 10.2. The number of benzene rings is 2. The summed E-state index contributed by atoms with van der Waals surface area (Å²) in [6.07, 6.45) is 0. The summed E-state index contributed by atoms with van der Waals surface area (Å²) >= 11 is 1.40. The van der Waals surface area contributed by atoms with E-state index in [9.17, 15) is 9.18 Å². The summed E-state index contributed by atoms with van der Waals surface area (Å²) in [5.41, 5.74) is 1.19. The molecular formula is C16H16FNO2S. The lowest BCUT2D eigenvalue weighted by molar-refractivity contribution is 0.0521. The van der Waals surface area contributed by atoms with E-state index < -0.39 is 11.8 Å². The summed E-state index contributed by atoms with van der Waals surface area (Å²) in [4.78, 5) is 13.6. The average molecular weight is 305 g/mol. The molecule has 0 amide bonds. The van der Waals surface area contributed by atoms with Crippen LogP contribution in [0.4, 0.5) is 10.1 Å². The zero-order valence-electron chi connectivity index (χ0n) is 11.9. The van der Waals surface area contributed by atoms with Gasteiger partial charge in [0.25, 0.3) is 0 Å². The summed E-state index contributed by atoms with van der Waals surface area (Å²) in [5.74, 6) is -0.967. The van der Waals surface area contributed by atoms with Gasteiger partial charge in [-0.2, -0.15) is 0 Å². The number of halogens is 1. The molecule has 0 spiro atoms. The van der Waals surface area contributed by atoms with Crippen molar-refractivity contribution in [3.63, 3.8) is 0 Å². The van der Waals surface area contributed by atoms with E-state index >= 15 is 0 Å². The topological polar surface area (TPSA) is 38.3 Å². The van der Waals surface area contributed by atoms with E-state index in [0.717, 1.165) is 10.6 Å². The monoisotopic (exact) mass is 305 g/mol. The lowest BCUT2D eigenvalue weighted by Crippen LogP contribution is -2.06. The fourth-order valence-electron chi connectivity index (χ4n) is 1.84. The van der Waals surface area contributed by atoms with Gasteiger partial charge in [-0.15, -0.1) is 0 Å². The Morgan fingerprint density at radius 3 is 2.71 bits per heavy atom. The lowest BCUT2D eigenvalue weighted by atomic mass is 10.2. The van der Waals surface area contributed by atoms with Crippen LogP contribution in [0.1, 0.15) is 17.3 Å². The normalized spacial score (nSPS) is 10.2. The smallest absolute Gasteiger partial charge is 0.339 e. The van der Waals surface area contributed by atoms with Gasteiger partial charge in [-0.1, -0.05) is 23.9 Å². The maximum Gasteiger partial charge on any atom is 0.339 e. The molecule has 0 unspecified atom stereocenters. The quantitative estimate of drug-likeness (QED) is 0.840. The maximum atomic E-state index is 13.4. The largest absolute Gasteiger partial charge is 0.462 e. The number of nitrogens with one attached hydrogen (secondary N) is 1. The van der Waals surface area contributed by atoms with Crippen molar-refractivity contribution in [1.82, 2.24) is 0 Å². The second kappa shape index (κ2) is 7.13. The van der Waals surface area contributed by atoms with Crippen molar-refractivity contribution in [2.75, 3.05) is 19.0 Å². The predicted octanol–water partition coefficient (Wildman–Crippen LogP) is 4.20. The number of anilines is 1. The van der Waals surface area contributed by atoms with E-state index in [-0.39, 0.29) is 12.2 Å². The van der Waals surface area contributed by atoms with Crippen LogP contribution in [-0.2, 0) is 4.74 Å². The molecule has 2 aromatic rings. The van der Waals surface area contributed by atoms with E-state index in [0.29, 0.717) is 4.90 Å². The fourth-order valence-corrected chi connectivity index (χ4v) is 2.89. The molecule has 0 heterocycles. The Morgan fingerprint density at radius 2 is 2.00 bits per heavy atom. The lowest BCUT2D eigenvalue weighted by Gasteiger charge is -2.11. The molecule has 0 atom stereocenters. The number of carbonyl (C=O) groups is 1. The fraction of sp³-hybridized carbons (Fsp3) is 0.188. The number of rotatable bonds is 5. The molecule has 5 heteroatoms. The van der Waals surface area contributed by atoms with Gasteiger partial charge in [0.1, 0.15) is 5.82 Å². The molecule has 0 fully saturated rings. The van der Waals surface area contributed by atoms with Crippen molar-refractivity contribution in [1.29, 1.82) is 0 Å². The molecule has 21 heavy (non-hydrogen) atoms. The first-order valence-electron chi connectivity index (χ1n) is 6.57. The molecule has 0 aliphatic rings. The van der Waals surface area contributed by atoms with Gasteiger partial charge in [0, 0.05) is 22.5 Å². The SMILES string of the molecule is CCOC(=O)c1cc(F)ccc1Sc1ccccc1NC. The molecule has 0 aliphatic carbocycles. The molecule has 2 rings (SSSR count). The van der Waals surface area contributed by atoms with Gasteiger partial charge in [-0.3, -0.25) is 0 Å². The number of hydrogen-bond donors (Lipinski definition) is 1. The van der Waals surface area contributed by atoms with Crippen molar-refractivity contribution < 1.29 is 13.9 Å². The molecule has 3 nitrogen and oxygen atoms in total. The van der Waals surface area contributed by atoms with E-state index in [1.807, 2.05) is 31.3 Å². The van der Waals surface area contributed by atoms with Crippen LogP contribution >= 0.6 is 11.8 Å². The summed E-state index contributed by atoms with van der Waals surface area (Å²) < 4.78 is 18.4. The maximum absolute atomic E-state index is 13.4. The average Bonchev–Trinajstić information content (AvgIpc) is 2.49. The number of hydrogen-bond acceptors (Lipinski definition) is 4. The molecule has 0 saturated carbocycles. The van der Waals surface area contributed by atoms with Crippen LogP contribution in [0.2, 0.25) is 0 Å². The third-order valence-electron chi connectivity index (χ3n) is 2.81. The highest BCUT2D eigenvalue weighted by molar-refractivity contribution is 7.99. The van der Waals surface area contributed by atoms with Gasteiger partial charge in [0.2, 0.25) is 0 Å². The van der Waals surface area contributed by atoms with Crippen LogP contribution < -0.4 is 5.32 Å². The van der Waals surface area contributed by atoms with Crippen LogP contribution in [0.15, 0.2) is 52.3 Å². The molecule has 1 N–H and O–H groups in total. The second-order valence-electron chi connectivity index (χ2n) is 4.21. The second-order valence-corrected chi connectivity index (χ2v) is 5.29. The van der Waals surface area contributed by atoms with Crippen LogP contribution in [0.3, 0.4) is 0 Å². The minimum Gasteiger partial charge on any atom is -0.462 e. The molecule has 110 valence electrons. The number of carbonyl (C=O) groups excluding carboxylic acids is 1. The third-order valence-corrected chi connectivity index (χ3v) is 3.97. The number of ether oxygens (including phenoxy) is 1. The molecule has 0 aromatic heterocycles. The summed E-state index contributed by atoms with van der Waals surface area (Å²) in [5, 5.41) is 3.09. The van der Waals surface area contributed by atoms with E-state index in [1.54, 1.807) is 13.0 Å².